The first-order chi connectivity index (χ1) is 9.49. The van der Waals surface area contributed by atoms with Crippen LogP contribution in [-0.2, 0) is 0 Å². The Balaban J connectivity index is 2.23. The number of hydrogen-bond acceptors (Lipinski definition) is 2. The van der Waals surface area contributed by atoms with Crippen molar-refractivity contribution in [2.45, 2.75) is 19.9 Å². The molecule has 1 N–H and O–H groups in total. The van der Waals surface area contributed by atoms with E-state index in [4.69, 9.17) is 0 Å². The fraction of sp³-hybridized carbons (Fsp3) is 0.294. The molecule has 0 amide bonds. The zero-order chi connectivity index (χ0) is 14.7. The lowest BCUT2D eigenvalue weighted by atomic mass is 10.1. The molecule has 0 aliphatic heterocycles. The Morgan fingerprint density at radius 1 is 1.10 bits per heavy atom. The molecule has 106 valence electrons. The minimum Gasteiger partial charge on any atom is -0.377 e. The summed E-state index contributed by atoms with van der Waals surface area (Å²) < 4.78 is 13.6. The van der Waals surface area contributed by atoms with Crippen LogP contribution in [0.3, 0.4) is 0 Å². The van der Waals surface area contributed by atoms with Gasteiger partial charge in [0, 0.05) is 20.1 Å². The summed E-state index contributed by atoms with van der Waals surface area (Å²) in [5.41, 5.74) is 3.79. The average molecular weight is 272 g/mol. The second kappa shape index (κ2) is 5.95. The number of aryl methyl sites for hydroxylation is 1. The zero-order valence-corrected chi connectivity index (χ0v) is 12.4. The molecule has 2 aromatic rings. The predicted octanol–water partition coefficient (Wildman–Crippen LogP) is 4.37. The number of nitrogens with zero attached hydrogens (tertiary/aromatic N) is 1. The summed E-state index contributed by atoms with van der Waals surface area (Å²) >= 11 is 0. The lowest BCUT2D eigenvalue weighted by molar-refractivity contribution is 0.614. The maximum atomic E-state index is 13.6. The Kier molecular flexibility index (Phi) is 4.28. The minimum absolute atomic E-state index is 0.0474. The van der Waals surface area contributed by atoms with Crippen LogP contribution >= 0.6 is 0 Å². The molecule has 2 nitrogen and oxygen atoms in total. The molecule has 0 bridgehead atoms. The van der Waals surface area contributed by atoms with E-state index in [2.05, 4.69) is 16.3 Å². The third kappa shape index (κ3) is 3.10. The normalized spacial score (nSPS) is 12.1. The molecular formula is C17H21FN2. The molecule has 2 rings (SSSR count). The maximum Gasteiger partial charge on any atom is 0.126 e. The largest absolute Gasteiger partial charge is 0.377 e. The van der Waals surface area contributed by atoms with E-state index in [1.165, 1.54) is 0 Å². The van der Waals surface area contributed by atoms with Crippen molar-refractivity contribution in [3.05, 3.63) is 59.4 Å². The second-order valence-corrected chi connectivity index (χ2v) is 5.29. The summed E-state index contributed by atoms with van der Waals surface area (Å²) in [6.07, 6.45) is 0. The van der Waals surface area contributed by atoms with E-state index in [1.807, 2.05) is 51.4 Å². The van der Waals surface area contributed by atoms with E-state index >= 15 is 0 Å². The van der Waals surface area contributed by atoms with Crippen LogP contribution in [0.1, 0.15) is 24.1 Å². The Morgan fingerprint density at radius 3 is 2.45 bits per heavy atom. The van der Waals surface area contributed by atoms with Crippen LogP contribution in [0.5, 0.6) is 0 Å². The molecule has 0 saturated carbocycles. The minimum atomic E-state index is -0.156. The molecule has 0 fully saturated rings. The van der Waals surface area contributed by atoms with E-state index in [0.29, 0.717) is 5.56 Å². The van der Waals surface area contributed by atoms with Crippen LogP contribution in [-0.4, -0.2) is 14.1 Å². The van der Waals surface area contributed by atoms with Gasteiger partial charge < -0.3 is 10.2 Å². The average Bonchev–Trinajstić information content (AvgIpc) is 2.42. The monoisotopic (exact) mass is 272 g/mol. The molecule has 2 aromatic carbocycles. The van der Waals surface area contributed by atoms with Crippen LogP contribution in [0.15, 0.2) is 42.5 Å². The van der Waals surface area contributed by atoms with Gasteiger partial charge in [0.25, 0.3) is 0 Å². The zero-order valence-electron chi connectivity index (χ0n) is 12.4. The first-order valence-corrected chi connectivity index (χ1v) is 6.78. The van der Waals surface area contributed by atoms with Crippen molar-refractivity contribution in [1.29, 1.82) is 0 Å². The van der Waals surface area contributed by atoms with Crippen molar-refractivity contribution in [3.8, 4) is 0 Å². The standard InChI is InChI=1S/C17H21FN2/c1-12-9-10-14(11-15(12)18)13(2)19-16-7-5-6-8-17(16)20(3)4/h5-11,13,19H,1-4H3. The van der Waals surface area contributed by atoms with Crippen LogP contribution in [0.25, 0.3) is 0 Å². The highest BCUT2D eigenvalue weighted by Gasteiger charge is 2.10. The van der Waals surface area contributed by atoms with E-state index in [9.17, 15) is 4.39 Å². The second-order valence-electron chi connectivity index (χ2n) is 5.29. The molecule has 0 aromatic heterocycles. The van der Waals surface area contributed by atoms with Gasteiger partial charge in [0.15, 0.2) is 0 Å². The fourth-order valence-electron chi connectivity index (χ4n) is 2.18. The van der Waals surface area contributed by atoms with Gasteiger partial charge in [0.05, 0.1) is 11.4 Å². The molecule has 0 radical (unpaired) electrons. The summed E-state index contributed by atoms with van der Waals surface area (Å²) in [6, 6.07) is 13.5. The smallest absolute Gasteiger partial charge is 0.126 e. The number of benzene rings is 2. The quantitative estimate of drug-likeness (QED) is 0.889. The number of hydrogen-bond donors (Lipinski definition) is 1. The highest BCUT2D eigenvalue weighted by atomic mass is 19.1. The number of anilines is 2. The first-order valence-electron chi connectivity index (χ1n) is 6.78. The van der Waals surface area contributed by atoms with Gasteiger partial charge in [-0.25, -0.2) is 4.39 Å². The number of para-hydroxylation sites is 2. The lowest BCUT2D eigenvalue weighted by Gasteiger charge is -2.22. The van der Waals surface area contributed by atoms with E-state index in [-0.39, 0.29) is 11.9 Å². The van der Waals surface area contributed by atoms with Gasteiger partial charge in [-0.1, -0.05) is 24.3 Å². The molecule has 1 atom stereocenters. The van der Waals surface area contributed by atoms with Crippen molar-refractivity contribution in [2.24, 2.45) is 0 Å². The molecular weight excluding hydrogens is 251 g/mol. The molecule has 20 heavy (non-hydrogen) atoms. The van der Waals surface area contributed by atoms with Crippen LogP contribution in [0.2, 0.25) is 0 Å². The van der Waals surface area contributed by atoms with E-state index in [0.717, 1.165) is 16.9 Å². The Hall–Kier alpha value is -2.03. The number of halogens is 1. The van der Waals surface area contributed by atoms with Gasteiger partial charge in [0.2, 0.25) is 0 Å². The molecule has 0 aliphatic carbocycles. The fourth-order valence-corrected chi connectivity index (χ4v) is 2.18. The highest BCUT2D eigenvalue weighted by Crippen LogP contribution is 2.28. The predicted molar refractivity (Wildman–Crippen MR) is 83.9 cm³/mol. The van der Waals surface area contributed by atoms with Gasteiger partial charge in [0.1, 0.15) is 5.82 Å². The third-order valence-electron chi connectivity index (χ3n) is 3.45. The number of nitrogens with one attached hydrogen (secondary N) is 1. The SMILES string of the molecule is Cc1ccc(C(C)Nc2ccccc2N(C)C)cc1F. The Bertz CT molecular complexity index is 593. The summed E-state index contributed by atoms with van der Waals surface area (Å²) in [4.78, 5) is 2.06. The summed E-state index contributed by atoms with van der Waals surface area (Å²) in [5.74, 6) is -0.156. The highest BCUT2D eigenvalue weighted by molar-refractivity contribution is 5.69. The first kappa shape index (κ1) is 14.4. The number of rotatable bonds is 4. The van der Waals surface area contributed by atoms with E-state index in [1.54, 1.807) is 13.0 Å². The topological polar surface area (TPSA) is 15.3 Å². The maximum absolute atomic E-state index is 13.6. The van der Waals surface area contributed by atoms with Crippen LogP contribution in [0, 0.1) is 12.7 Å². The Morgan fingerprint density at radius 2 is 1.80 bits per heavy atom. The summed E-state index contributed by atoms with van der Waals surface area (Å²) in [6.45, 7) is 3.81. The molecule has 0 heterocycles. The van der Waals surface area contributed by atoms with Crippen molar-refractivity contribution in [2.75, 3.05) is 24.3 Å². The molecule has 3 heteroatoms. The van der Waals surface area contributed by atoms with Gasteiger partial charge in [-0.3, -0.25) is 0 Å². The molecule has 0 saturated heterocycles. The van der Waals surface area contributed by atoms with Crippen molar-refractivity contribution in [3.63, 3.8) is 0 Å². The van der Waals surface area contributed by atoms with Crippen molar-refractivity contribution < 1.29 is 4.39 Å². The van der Waals surface area contributed by atoms with Gasteiger partial charge in [-0.2, -0.15) is 0 Å². The molecule has 0 spiro atoms. The molecule has 1 unspecified atom stereocenters. The lowest BCUT2D eigenvalue weighted by Crippen LogP contribution is -2.14. The van der Waals surface area contributed by atoms with Crippen molar-refractivity contribution >= 4 is 11.4 Å². The van der Waals surface area contributed by atoms with Crippen LogP contribution < -0.4 is 10.2 Å². The summed E-state index contributed by atoms with van der Waals surface area (Å²) in [7, 11) is 4.02. The van der Waals surface area contributed by atoms with Gasteiger partial charge >= 0.3 is 0 Å². The Labute approximate surface area is 120 Å². The van der Waals surface area contributed by atoms with Gasteiger partial charge in [-0.15, -0.1) is 0 Å². The summed E-state index contributed by atoms with van der Waals surface area (Å²) in [5, 5.41) is 3.45. The van der Waals surface area contributed by atoms with Crippen LogP contribution in [0.4, 0.5) is 15.8 Å². The van der Waals surface area contributed by atoms with Crippen molar-refractivity contribution in [1.82, 2.24) is 0 Å². The van der Waals surface area contributed by atoms with Gasteiger partial charge in [-0.05, 0) is 43.2 Å². The van der Waals surface area contributed by atoms with E-state index < -0.39 is 0 Å². The molecule has 0 aliphatic rings. The third-order valence-corrected chi connectivity index (χ3v) is 3.45.